The fraction of sp³-hybridized carbons (Fsp3) is 0.833. The van der Waals surface area contributed by atoms with E-state index < -0.39 is 0 Å². The van der Waals surface area contributed by atoms with Crippen molar-refractivity contribution < 1.29 is 9.53 Å². The minimum Gasteiger partial charge on any atom is -0.384 e. The van der Waals surface area contributed by atoms with Crippen molar-refractivity contribution in [2.24, 2.45) is 11.7 Å². The summed E-state index contributed by atoms with van der Waals surface area (Å²) >= 11 is 0. The van der Waals surface area contributed by atoms with Crippen LogP contribution in [0, 0.1) is 5.92 Å². The molecule has 0 atom stereocenters. The predicted molar refractivity (Wildman–Crippen MR) is 36.5 cm³/mol. The summed E-state index contributed by atoms with van der Waals surface area (Å²) in [6.07, 6.45) is 0. The molecule has 58 valence electrons. The van der Waals surface area contributed by atoms with E-state index in [1.165, 1.54) is 0 Å². The zero-order chi connectivity index (χ0) is 7.56. The van der Waals surface area contributed by atoms with Crippen LogP contribution in [-0.2, 0) is 4.74 Å². The number of methoxy groups -OCH3 is 1. The van der Waals surface area contributed by atoms with Crippen LogP contribution in [0.1, 0.15) is 0 Å². The molecule has 1 fully saturated rings. The van der Waals surface area contributed by atoms with Crippen LogP contribution in [0.2, 0.25) is 0 Å². The zero-order valence-electron chi connectivity index (χ0n) is 6.04. The molecule has 1 heterocycles. The second-order valence-electron chi connectivity index (χ2n) is 2.56. The Hall–Kier alpha value is -0.770. The normalized spacial score (nSPS) is 18.7. The van der Waals surface area contributed by atoms with Gasteiger partial charge in [0.15, 0.2) is 0 Å². The van der Waals surface area contributed by atoms with Gasteiger partial charge in [0.1, 0.15) is 0 Å². The van der Waals surface area contributed by atoms with Crippen molar-refractivity contribution in [3.63, 3.8) is 0 Å². The van der Waals surface area contributed by atoms with Crippen LogP contribution in [0.4, 0.5) is 4.79 Å². The lowest BCUT2D eigenvalue weighted by Crippen LogP contribution is -2.53. The summed E-state index contributed by atoms with van der Waals surface area (Å²) in [5.41, 5.74) is 5.00. The van der Waals surface area contributed by atoms with E-state index >= 15 is 0 Å². The number of carbonyl (C=O) groups excluding carboxylic acids is 1. The van der Waals surface area contributed by atoms with E-state index in [4.69, 9.17) is 10.5 Å². The summed E-state index contributed by atoms with van der Waals surface area (Å²) in [4.78, 5) is 12.0. The molecule has 1 saturated heterocycles. The number of urea groups is 1. The molecule has 10 heavy (non-hydrogen) atoms. The average molecular weight is 144 g/mol. The molecular formula is C6H12N2O2. The number of nitrogens with two attached hydrogens (primary N) is 1. The Kier molecular flexibility index (Phi) is 2.11. The molecule has 0 aromatic rings. The molecule has 0 aromatic heterocycles. The van der Waals surface area contributed by atoms with Crippen molar-refractivity contribution in [2.45, 2.75) is 0 Å². The van der Waals surface area contributed by atoms with Crippen molar-refractivity contribution >= 4 is 6.03 Å². The van der Waals surface area contributed by atoms with Gasteiger partial charge in [0.25, 0.3) is 0 Å². The van der Waals surface area contributed by atoms with Gasteiger partial charge in [-0.25, -0.2) is 4.79 Å². The molecule has 0 bridgehead atoms. The summed E-state index contributed by atoms with van der Waals surface area (Å²) in [5.74, 6) is 0.498. The third-order valence-electron chi connectivity index (χ3n) is 1.67. The highest BCUT2D eigenvalue weighted by Gasteiger charge is 2.28. The molecule has 0 aromatic carbocycles. The maximum atomic E-state index is 10.4. The predicted octanol–water partition coefficient (Wildman–Crippen LogP) is -0.357. The number of primary amides is 1. The number of likely N-dealkylation sites (tertiary alicyclic amines) is 1. The SMILES string of the molecule is COCC1CN(C(N)=O)C1. The van der Waals surface area contributed by atoms with Crippen LogP contribution in [0.15, 0.2) is 0 Å². The summed E-state index contributed by atoms with van der Waals surface area (Å²) in [7, 11) is 1.66. The van der Waals surface area contributed by atoms with Crippen LogP contribution in [0.5, 0.6) is 0 Å². The van der Waals surface area contributed by atoms with Crippen molar-refractivity contribution in [1.29, 1.82) is 0 Å². The summed E-state index contributed by atoms with van der Waals surface area (Å²) in [5, 5.41) is 0. The minimum absolute atomic E-state index is 0.327. The quantitative estimate of drug-likeness (QED) is 0.575. The molecule has 2 amide bonds. The van der Waals surface area contributed by atoms with Crippen LogP contribution < -0.4 is 5.73 Å². The highest BCUT2D eigenvalue weighted by Crippen LogP contribution is 2.14. The average Bonchev–Trinajstić information content (AvgIpc) is 1.76. The molecule has 4 nitrogen and oxygen atoms in total. The molecular weight excluding hydrogens is 132 g/mol. The molecule has 4 heteroatoms. The maximum absolute atomic E-state index is 10.4. The van der Waals surface area contributed by atoms with Crippen LogP contribution >= 0.6 is 0 Å². The molecule has 0 radical (unpaired) electrons. The Balaban J connectivity index is 2.12. The van der Waals surface area contributed by atoms with E-state index in [2.05, 4.69) is 0 Å². The molecule has 0 saturated carbocycles. The van der Waals surface area contributed by atoms with Gasteiger partial charge in [0.2, 0.25) is 0 Å². The van der Waals surface area contributed by atoms with E-state index in [9.17, 15) is 4.79 Å². The molecule has 0 spiro atoms. The number of nitrogens with zero attached hydrogens (tertiary/aromatic N) is 1. The Morgan fingerprint density at radius 3 is 2.80 bits per heavy atom. The lowest BCUT2D eigenvalue weighted by atomic mass is 10.0. The van der Waals surface area contributed by atoms with Gasteiger partial charge in [-0.3, -0.25) is 0 Å². The smallest absolute Gasteiger partial charge is 0.314 e. The van der Waals surface area contributed by atoms with E-state index in [-0.39, 0.29) is 6.03 Å². The van der Waals surface area contributed by atoms with Gasteiger partial charge >= 0.3 is 6.03 Å². The number of hydrogen-bond acceptors (Lipinski definition) is 2. The zero-order valence-corrected chi connectivity index (χ0v) is 6.04. The lowest BCUT2D eigenvalue weighted by molar-refractivity contribution is 0.0585. The van der Waals surface area contributed by atoms with E-state index in [0.717, 1.165) is 19.7 Å². The van der Waals surface area contributed by atoms with Crippen LogP contribution in [-0.4, -0.2) is 37.7 Å². The first kappa shape index (κ1) is 7.34. The van der Waals surface area contributed by atoms with Gasteiger partial charge in [-0.15, -0.1) is 0 Å². The van der Waals surface area contributed by atoms with E-state index in [0.29, 0.717) is 5.92 Å². The van der Waals surface area contributed by atoms with Gasteiger partial charge in [-0.1, -0.05) is 0 Å². The third kappa shape index (κ3) is 1.39. The van der Waals surface area contributed by atoms with E-state index in [1.807, 2.05) is 0 Å². The number of rotatable bonds is 2. The largest absolute Gasteiger partial charge is 0.384 e. The summed E-state index contributed by atoms with van der Waals surface area (Å²) in [6.45, 7) is 2.23. The van der Waals surface area contributed by atoms with Crippen LogP contribution in [0.3, 0.4) is 0 Å². The lowest BCUT2D eigenvalue weighted by Gasteiger charge is -2.37. The van der Waals surface area contributed by atoms with Crippen molar-refractivity contribution in [3.8, 4) is 0 Å². The molecule has 2 N–H and O–H groups in total. The highest BCUT2D eigenvalue weighted by molar-refractivity contribution is 5.72. The summed E-state index contributed by atoms with van der Waals surface area (Å²) < 4.78 is 4.90. The minimum atomic E-state index is -0.327. The van der Waals surface area contributed by atoms with Gasteiger partial charge < -0.3 is 15.4 Å². The Morgan fingerprint density at radius 1 is 1.80 bits per heavy atom. The molecule has 0 aliphatic carbocycles. The topological polar surface area (TPSA) is 55.6 Å². The first-order valence-electron chi connectivity index (χ1n) is 3.27. The van der Waals surface area contributed by atoms with E-state index in [1.54, 1.807) is 12.0 Å². The highest BCUT2D eigenvalue weighted by atomic mass is 16.5. The Morgan fingerprint density at radius 2 is 2.40 bits per heavy atom. The van der Waals surface area contributed by atoms with Gasteiger partial charge in [0, 0.05) is 26.1 Å². The molecule has 1 aliphatic heterocycles. The van der Waals surface area contributed by atoms with Gasteiger partial charge in [-0.05, 0) is 0 Å². The first-order valence-corrected chi connectivity index (χ1v) is 3.27. The van der Waals surface area contributed by atoms with Crippen LogP contribution in [0.25, 0.3) is 0 Å². The monoisotopic (exact) mass is 144 g/mol. The number of carbonyl (C=O) groups is 1. The second-order valence-corrected chi connectivity index (χ2v) is 2.56. The summed E-state index contributed by atoms with van der Waals surface area (Å²) in [6, 6.07) is -0.327. The van der Waals surface area contributed by atoms with Crippen molar-refractivity contribution in [3.05, 3.63) is 0 Å². The number of hydrogen-bond donors (Lipinski definition) is 1. The number of ether oxygens (including phenoxy) is 1. The standard InChI is InChI=1S/C6H12N2O2/c1-10-4-5-2-8(3-5)6(7)9/h5H,2-4H2,1H3,(H2,7,9). The molecule has 0 unspecified atom stereocenters. The third-order valence-corrected chi connectivity index (χ3v) is 1.67. The molecule has 1 rings (SSSR count). The van der Waals surface area contributed by atoms with Gasteiger partial charge in [0.05, 0.1) is 6.61 Å². The van der Waals surface area contributed by atoms with Crippen molar-refractivity contribution in [2.75, 3.05) is 26.8 Å². The van der Waals surface area contributed by atoms with Crippen molar-refractivity contribution in [1.82, 2.24) is 4.90 Å². The maximum Gasteiger partial charge on any atom is 0.314 e. The first-order chi connectivity index (χ1) is 4.74. The second kappa shape index (κ2) is 2.88. The fourth-order valence-electron chi connectivity index (χ4n) is 1.09. The Bertz CT molecular complexity index is 132. The fourth-order valence-corrected chi connectivity index (χ4v) is 1.09. The van der Waals surface area contributed by atoms with Gasteiger partial charge in [-0.2, -0.15) is 0 Å². The number of amides is 2. The molecule has 1 aliphatic rings. The Labute approximate surface area is 59.9 Å².